The minimum atomic E-state index is -0.754. The average molecular weight is 217 g/mol. The van der Waals surface area contributed by atoms with Crippen molar-refractivity contribution in [2.45, 2.75) is 26.3 Å². The summed E-state index contributed by atoms with van der Waals surface area (Å²) < 4.78 is 2.03. The Hall–Kier alpha value is -1.77. The number of benzene rings is 1. The topological polar surface area (TPSA) is 42.2 Å². The molecule has 0 radical (unpaired) electrons. The van der Waals surface area contributed by atoms with Crippen LogP contribution in [0.5, 0.6) is 0 Å². The monoisotopic (exact) mass is 217 g/mol. The quantitative estimate of drug-likeness (QED) is 0.855. The first-order chi connectivity index (χ1) is 7.72. The Morgan fingerprint density at radius 3 is 2.88 bits per heavy atom. The summed E-state index contributed by atoms with van der Waals surface area (Å²) in [5.41, 5.74) is 2.44. The summed E-state index contributed by atoms with van der Waals surface area (Å²) in [6.45, 7) is 2.65. The molecule has 1 aromatic carbocycles. The SMILES string of the molecule is CCc1cccc2ccn(CCC(=O)O)c12. The van der Waals surface area contributed by atoms with E-state index in [1.165, 1.54) is 16.5 Å². The highest BCUT2D eigenvalue weighted by molar-refractivity contribution is 5.83. The van der Waals surface area contributed by atoms with E-state index >= 15 is 0 Å². The minimum Gasteiger partial charge on any atom is -0.481 e. The Morgan fingerprint density at radius 1 is 1.38 bits per heavy atom. The van der Waals surface area contributed by atoms with Crippen molar-refractivity contribution in [3.05, 3.63) is 36.0 Å². The number of rotatable bonds is 4. The van der Waals surface area contributed by atoms with Gasteiger partial charge in [-0.05, 0) is 23.4 Å². The van der Waals surface area contributed by atoms with E-state index in [1.807, 2.05) is 22.9 Å². The predicted octanol–water partition coefficient (Wildman–Crippen LogP) is 2.68. The molecule has 0 aliphatic heterocycles. The van der Waals surface area contributed by atoms with Crippen molar-refractivity contribution in [2.75, 3.05) is 0 Å². The first kappa shape index (κ1) is 10.7. The second-order valence-electron chi connectivity index (χ2n) is 3.86. The van der Waals surface area contributed by atoms with Crippen LogP contribution in [0.1, 0.15) is 18.9 Å². The van der Waals surface area contributed by atoms with Crippen molar-refractivity contribution in [2.24, 2.45) is 0 Å². The molecule has 0 fully saturated rings. The minimum absolute atomic E-state index is 0.168. The van der Waals surface area contributed by atoms with E-state index in [4.69, 9.17) is 5.11 Å². The van der Waals surface area contributed by atoms with E-state index in [0.717, 1.165) is 6.42 Å². The van der Waals surface area contributed by atoms with Gasteiger partial charge in [0, 0.05) is 12.7 Å². The molecule has 0 spiro atoms. The zero-order valence-electron chi connectivity index (χ0n) is 9.31. The van der Waals surface area contributed by atoms with Crippen LogP contribution in [-0.2, 0) is 17.8 Å². The number of aryl methyl sites for hydroxylation is 2. The standard InChI is InChI=1S/C13H15NO2/c1-2-10-4-3-5-11-6-8-14(13(10)11)9-7-12(15)16/h3-6,8H,2,7,9H2,1H3,(H,15,16). The van der Waals surface area contributed by atoms with Gasteiger partial charge in [0.2, 0.25) is 0 Å². The Kier molecular flexibility index (Phi) is 2.95. The summed E-state index contributed by atoms with van der Waals surface area (Å²) in [7, 11) is 0. The fourth-order valence-electron chi connectivity index (χ4n) is 2.03. The molecule has 16 heavy (non-hydrogen) atoms. The molecule has 0 bridgehead atoms. The average Bonchev–Trinajstić information content (AvgIpc) is 2.69. The van der Waals surface area contributed by atoms with E-state index in [0.29, 0.717) is 6.54 Å². The largest absolute Gasteiger partial charge is 0.481 e. The second-order valence-corrected chi connectivity index (χ2v) is 3.86. The fourth-order valence-corrected chi connectivity index (χ4v) is 2.03. The molecular weight excluding hydrogens is 202 g/mol. The van der Waals surface area contributed by atoms with Gasteiger partial charge in [0.15, 0.2) is 0 Å². The molecule has 0 amide bonds. The zero-order chi connectivity index (χ0) is 11.5. The van der Waals surface area contributed by atoms with Crippen molar-refractivity contribution in [1.82, 2.24) is 4.57 Å². The number of aromatic nitrogens is 1. The number of aliphatic carboxylic acids is 1. The lowest BCUT2D eigenvalue weighted by Crippen LogP contribution is -2.04. The van der Waals surface area contributed by atoms with Crippen LogP contribution in [0.4, 0.5) is 0 Å². The number of carboxylic acid groups (broad SMARTS) is 1. The highest BCUT2D eigenvalue weighted by Crippen LogP contribution is 2.21. The van der Waals surface area contributed by atoms with Crippen LogP contribution in [0.15, 0.2) is 30.5 Å². The summed E-state index contributed by atoms with van der Waals surface area (Å²) in [5.74, 6) is -0.754. The van der Waals surface area contributed by atoms with E-state index < -0.39 is 5.97 Å². The summed E-state index contributed by atoms with van der Waals surface area (Å²) in [6, 6.07) is 8.24. The Balaban J connectivity index is 2.41. The first-order valence-corrected chi connectivity index (χ1v) is 5.51. The van der Waals surface area contributed by atoms with E-state index in [-0.39, 0.29) is 6.42 Å². The summed E-state index contributed by atoms with van der Waals surface area (Å²) >= 11 is 0. The van der Waals surface area contributed by atoms with Gasteiger partial charge in [-0.1, -0.05) is 25.1 Å². The van der Waals surface area contributed by atoms with Gasteiger partial charge < -0.3 is 9.67 Å². The second kappa shape index (κ2) is 4.39. The molecular formula is C13H15NO2. The van der Waals surface area contributed by atoms with Crippen LogP contribution >= 0.6 is 0 Å². The Labute approximate surface area is 94.3 Å². The summed E-state index contributed by atoms with van der Waals surface area (Å²) in [4.78, 5) is 10.6. The summed E-state index contributed by atoms with van der Waals surface area (Å²) in [6.07, 6.45) is 3.10. The van der Waals surface area contributed by atoms with Crippen molar-refractivity contribution in [1.29, 1.82) is 0 Å². The van der Waals surface area contributed by atoms with Crippen LogP contribution in [0.3, 0.4) is 0 Å². The molecule has 0 saturated heterocycles. The van der Waals surface area contributed by atoms with E-state index in [9.17, 15) is 4.79 Å². The molecule has 1 aromatic heterocycles. The maximum atomic E-state index is 10.6. The third-order valence-corrected chi connectivity index (χ3v) is 2.82. The number of hydrogen-bond acceptors (Lipinski definition) is 1. The molecule has 2 aromatic rings. The van der Waals surface area contributed by atoms with Crippen molar-refractivity contribution >= 4 is 16.9 Å². The number of nitrogens with zero attached hydrogens (tertiary/aromatic N) is 1. The van der Waals surface area contributed by atoms with Gasteiger partial charge in [-0.3, -0.25) is 4.79 Å². The maximum Gasteiger partial charge on any atom is 0.305 e. The van der Waals surface area contributed by atoms with Gasteiger partial charge in [0.05, 0.1) is 11.9 Å². The van der Waals surface area contributed by atoms with Crippen molar-refractivity contribution in [3.63, 3.8) is 0 Å². The smallest absolute Gasteiger partial charge is 0.305 e. The predicted molar refractivity (Wildman–Crippen MR) is 63.6 cm³/mol. The van der Waals surface area contributed by atoms with E-state index in [2.05, 4.69) is 19.1 Å². The molecule has 0 saturated carbocycles. The van der Waals surface area contributed by atoms with Gasteiger partial charge in [0.25, 0.3) is 0 Å². The van der Waals surface area contributed by atoms with Crippen molar-refractivity contribution in [3.8, 4) is 0 Å². The third kappa shape index (κ3) is 1.94. The molecule has 3 nitrogen and oxygen atoms in total. The lowest BCUT2D eigenvalue weighted by atomic mass is 10.1. The maximum absolute atomic E-state index is 10.6. The molecule has 1 N–H and O–H groups in total. The summed E-state index contributed by atoms with van der Waals surface area (Å²) in [5, 5.41) is 9.88. The molecule has 0 aliphatic carbocycles. The van der Waals surface area contributed by atoms with Gasteiger partial charge >= 0.3 is 5.97 Å². The number of carbonyl (C=O) groups is 1. The van der Waals surface area contributed by atoms with Crippen LogP contribution in [0.2, 0.25) is 0 Å². The number of para-hydroxylation sites is 1. The van der Waals surface area contributed by atoms with Gasteiger partial charge in [0.1, 0.15) is 0 Å². The number of carboxylic acids is 1. The molecule has 0 unspecified atom stereocenters. The molecule has 3 heteroatoms. The van der Waals surface area contributed by atoms with Gasteiger partial charge in [-0.2, -0.15) is 0 Å². The van der Waals surface area contributed by atoms with Gasteiger partial charge in [-0.15, -0.1) is 0 Å². The molecule has 0 atom stereocenters. The number of hydrogen-bond donors (Lipinski definition) is 1. The third-order valence-electron chi connectivity index (χ3n) is 2.82. The lowest BCUT2D eigenvalue weighted by molar-refractivity contribution is -0.137. The fraction of sp³-hybridized carbons (Fsp3) is 0.308. The van der Waals surface area contributed by atoms with Crippen LogP contribution in [-0.4, -0.2) is 15.6 Å². The molecule has 2 rings (SSSR count). The van der Waals surface area contributed by atoms with Gasteiger partial charge in [-0.25, -0.2) is 0 Å². The lowest BCUT2D eigenvalue weighted by Gasteiger charge is -2.07. The van der Waals surface area contributed by atoms with Crippen LogP contribution < -0.4 is 0 Å². The normalized spacial score (nSPS) is 10.8. The molecule has 0 aliphatic rings. The molecule has 1 heterocycles. The highest BCUT2D eigenvalue weighted by Gasteiger charge is 2.06. The van der Waals surface area contributed by atoms with Crippen LogP contribution in [0.25, 0.3) is 10.9 Å². The number of fused-ring (bicyclic) bond motifs is 1. The zero-order valence-corrected chi connectivity index (χ0v) is 9.31. The highest BCUT2D eigenvalue weighted by atomic mass is 16.4. The Morgan fingerprint density at radius 2 is 2.19 bits per heavy atom. The van der Waals surface area contributed by atoms with Crippen molar-refractivity contribution < 1.29 is 9.90 Å². The first-order valence-electron chi connectivity index (χ1n) is 5.51. The Bertz CT molecular complexity index is 514. The van der Waals surface area contributed by atoms with E-state index in [1.54, 1.807) is 0 Å². The molecule has 84 valence electrons. The van der Waals surface area contributed by atoms with Crippen LogP contribution in [0, 0.1) is 0 Å².